The van der Waals surface area contributed by atoms with Gasteiger partial charge in [0.1, 0.15) is 11.6 Å². The van der Waals surface area contributed by atoms with Crippen LogP contribution >= 0.6 is 0 Å². The molecule has 0 bridgehead atoms. The highest BCUT2D eigenvalue weighted by atomic mass is 16.5. The van der Waals surface area contributed by atoms with Crippen LogP contribution in [0.5, 0.6) is 5.75 Å². The molecule has 0 aliphatic carbocycles. The minimum absolute atomic E-state index is 0.543. The van der Waals surface area contributed by atoms with Gasteiger partial charge in [0.05, 0.1) is 12.6 Å². The number of methoxy groups -OCH3 is 2. The number of hydrogen-bond donors (Lipinski definition) is 2. The quantitative estimate of drug-likeness (QED) is 0.609. The van der Waals surface area contributed by atoms with Gasteiger partial charge in [-0.2, -0.15) is 4.98 Å². The zero-order valence-electron chi connectivity index (χ0n) is 14.5. The summed E-state index contributed by atoms with van der Waals surface area (Å²) in [6, 6.07) is 15.6. The van der Waals surface area contributed by atoms with Crippen molar-refractivity contribution in [2.75, 3.05) is 38.0 Å². The van der Waals surface area contributed by atoms with Crippen molar-refractivity contribution in [3.8, 4) is 5.75 Å². The van der Waals surface area contributed by atoms with Gasteiger partial charge in [-0.05, 0) is 30.7 Å². The van der Waals surface area contributed by atoms with E-state index in [-0.39, 0.29) is 0 Å². The maximum Gasteiger partial charge on any atom is 0.229 e. The Bertz CT molecular complexity index is 839. The maximum atomic E-state index is 5.26. The molecule has 0 aliphatic rings. The molecule has 0 unspecified atom stereocenters. The number of rotatable bonds is 8. The summed E-state index contributed by atoms with van der Waals surface area (Å²) in [4.78, 5) is 9.24. The number of hydrogen-bond acceptors (Lipinski definition) is 6. The number of benzene rings is 2. The van der Waals surface area contributed by atoms with Crippen LogP contribution in [0, 0.1) is 0 Å². The summed E-state index contributed by atoms with van der Waals surface area (Å²) in [6.45, 7) is 1.50. The number of fused-ring (bicyclic) bond motifs is 1. The first-order valence-electron chi connectivity index (χ1n) is 8.21. The Labute approximate surface area is 147 Å². The average Bonchev–Trinajstić information content (AvgIpc) is 2.65. The van der Waals surface area contributed by atoms with Crippen molar-refractivity contribution >= 4 is 28.4 Å². The molecule has 0 atom stereocenters. The molecule has 2 aromatic carbocycles. The van der Waals surface area contributed by atoms with Crippen molar-refractivity contribution in [2.24, 2.45) is 0 Å². The number of nitrogens with one attached hydrogen (secondary N) is 2. The zero-order valence-corrected chi connectivity index (χ0v) is 14.5. The number of anilines is 3. The van der Waals surface area contributed by atoms with E-state index in [1.54, 1.807) is 14.2 Å². The molecular weight excluding hydrogens is 316 g/mol. The molecule has 130 valence electrons. The lowest BCUT2D eigenvalue weighted by molar-refractivity contribution is 0.198. The van der Waals surface area contributed by atoms with Crippen LogP contribution in [0.3, 0.4) is 0 Å². The lowest BCUT2D eigenvalue weighted by Gasteiger charge is -2.12. The van der Waals surface area contributed by atoms with Crippen LogP contribution in [-0.2, 0) is 4.74 Å². The Kier molecular flexibility index (Phi) is 5.64. The highest BCUT2D eigenvalue weighted by Crippen LogP contribution is 2.25. The van der Waals surface area contributed by atoms with E-state index < -0.39 is 0 Å². The predicted octanol–water partition coefficient (Wildman–Crippen LogP) is 3.83. The minimum Gasteiger partial charge on any atom is -0.497 e. The van der Waals surface area contributed by atoms with Crippen molar-refractivity contribution in [1.82, 2.24) is 9.97 Å². The molecule has 0 saturated carbocycles. The molecule has 1 heterocycles. The topological polar surface area (TPSA) is 68.3 Å². The molecule has 25 heavy (non-hydrogen) atoms. The Hall–Kier alpha value is -2.86. The van der Waals surface area contributed by atoms with Crippen molar-refractivity contribution in [3.63, 3.8) is 0 Å². The van der Waals surface area contributed by atoms with Crippen molar-refractivity contribution < 1.29 is 9.47 Å². The summed E-state index contributed by atoms with van der Waals surface area (Å²) < 4.78 is 10.4. The smallest absolute Gasteiger partial charge is 0.229 e. The van der Waals surface area contributed by atoms with Gasteiger partial charge in [0.25, 0.3) is 0 Å². The number of ether oxygens (including phenoxy) is 2. The summed E-state index contributed by atoms with van der Waals surface area (Å²) >= 11 is 0. The fraction of sp³-hybridized carbons (Fsp3) is 0.263. The lowest BCUT2D eigenvalue weighted by atomic mass is 10.2. The molecular formula is C19H22N4O2. The number of nitrogens with zero attached hydrogens (tertiary/aromatic N) is 2. The Morgan fingerprint density at radius 2 is 1.88 bits per heavy atom. The summed E-state index contributed by atoms with van der Waals surface area (Å²) in [7, 11) is 3.35. The molecule has 0 amide bonds. The van der Waals surface area contributed by atoms with Crippen LogP contribution in [0.4, 0.5) is 17.5 Å². The van der Waals surface area contributed by atoms with Crippen molar-refractivity contribution in [2.45, 2.75) is 6.42 Å². The Morgan fingerprint density at radius 3 is 2.72 bits per heavy atom. The highest BCUT2D eigenvalue weighted by molar-refractivity contribution is 5.90. The van der Waals surface area contributed by atoms with Gasteiger partial charge in [-0.1, -0.05) is 18.2 Å². The first-order chi connectivity index (χ1) is 12.3. The van der Waals surface area contributed by atoms with Gasteiger partial charge in [-0.25, -0.2) is 4.98 Å². The monoisotopic (exact) mass is 338 g/mol. The average molecular weight is 338 g/mol. The van der Waals surface area contributed by atoms with Gasteiger partial charge in [0, 0.05) is 37.4 Å². The van der Waals surface area contributed by atoms with Crippen molar-refractivity contribution in [1.29, 1.82) is 0 Å². The summed E-state index contributed by atoms with van der Waals surface area (Å²) in [5.74, 6) is 2.14. The Balaban J connectivity index is 1.87. The zero-order chi connectivity index (χ0) is 17.5. The van der Waals surface area contributed by atoms with E-state index in [0.29, 0.717) is 12.6 Å². The van der Waals surface area contributed by atoms with Crippen LogP contribution in [0.25, 0.3) is 10.9 Å². The fourth-order valence-electron chi connectivity index (χ4n) is 2.52. The van der Waals surface area contributed by atoms with E-state index in [4.69, 9.17) is 9.47 Å². The van der Waals surface area contributed by atoms with Crippen LogP contribution < -0.4 is 15.4 Å². The van der Waals surface area contributed by atoms with Gasteiger partial charge in [0.15, 0.2) is 0 Å². The van der Waals surface area contributed by atoms with E-state index >= 15 is 0 Å². The molecule has 3 rings (SSSR count). The molecule has 6 nitrogen and oxygen atoms in total. The van der Waals surface area contributed by atoms with Crippen LogP contribution in [0.1, 0.15) is 6.42 Å². The third-order valence-electron chi connectivity index (χ3n) is 3.75. The first-order valence-corrected chi connectivity index (χ1v) is 8.21. The molecule has 2 N–H and O–H groups in total. The molecule has 0 radical (unpaired) electrons. The van der Waals surface area contributed by atoms with E-state index in [1.807, 2.05) is 48.5 Å². The molecule has 0 fully saturated rings. The van der Waals surface area contributed by atoms with Crippen LogP contribution in [0.2, 0.25) is 0 Å². The van der Waals surface area contributed by atoms with E-state index in [9.17, 15) is 0 Å². The fourth-order valence-corrected chi connectivity index (χ4v) is 2.52. The maximum absolute atomic E-state index is 5.26. The predicted molar refractivity (Wildman–Crippen MR) is 101 cm³/mol. The van der Waals surface area contributed by atoms with Gasteiger partial charge < -0.3 is 20.1 Å². The highest BCUT2D eigenvalue weighted by Gasteiger charge is 2.08. The Morgan fingerprint density at radius 1 is 1.00 bits per heavy atom. The standard InChI is InChI=1S/C19H22N4O2/c1-24-12-6-11-20-18-16-9-3-4-10-17(16)22-19(23-18)21-14-7-5-8-15(13-14)25-2/h3-5,7-10,13H,6,11-12H2,1-2H3,(H2,20,21,22,23). The SMILES string of the molecule is COCCCNc1nc(Nc2cccc(OC)c2)nc2ccccc12. The lowest BCUT2D eigenvalue weighted by Crippen LogP contribution is -2.08. The van der Waals surface area contributed by atoms with E-state index in [1.165, 1.54) is 0 Å². The first kappa shape index (κ1) is 17.0. The van der Waals surface area contributed by atoms with Crippen molar-refractivity contribution in [3.05, 3.63) is 48.5 Å². The number of aromatic nitrogens is 2. The van der Waals surface area contributed by atoms with Crippen LogP contribution in [0.15, 0.2) is 48.5 Å². The molecule has 1 aromatic heterocycles. The minimum atomic E-state index is 0.543. The summed E-state index contributed by atoms with van der Waals surface area (Å²) in [6.07, 6.45) is 0.910. The second-order valence-electron chi connectivity index (χ2n) is 5.54. The summed E-state index contributed by atoms with van der Waals surface area (Å²) in [5.41, 5.74) is 1.76. The largest absolute Gasteiger partial charge is 0.497 e. The molecule has 6 heteroatoms. The van der Waals surface area contributed by atoms with E-state index in [2.05, 4.69) is 20.6 Å². The second-order valence-corrected chi connectivity index (χ2v) is 5.54. The molecule has 0 aliphatic heterocycles. The molecule has 0 spiro atoms. The van der Waals surface area contributed by atoms with Gasteiger partial charge >= 0.3 is 0 Å². The third-order valence-corrected chi connectivity index (χ3v) is 3.75. The van der Waals surface area contributed by atoms with E-state index in [0.717, 1.165) is 41.1 Å². The van der Waals surface area contributed by atoms with Crippen LogP contribution in [-0.4, -0.2) is 37.3 Å². The van der Waals surface area contributed by atoms with Gasteiger partial charge in [-0.3, -0.25) is 0 Å². The van der Waals surface area contributed by atoms with Gasteiger partial charge in [-0.15, -0.1) is 0 Å². The molecule has 0 saturated heterocycles. The molecule has 3 aromatic rings. The normalized spacial score (nSPS) is 10.6. The summed E-state index contributed by atoms with van der Waals surface area (Å²) in [5, 5.41) is 7.62. The second kappa shape index (κ2) is 8.30. The van der Waals surface area contributed by atoms with Gasteiger partial charge in [0.2, 0.25) is 5.95 Å². The number of para-hydroxylation sites is 1. The third kappa shape index (κ3) is 4.36.